The van der Waals surface area contributed by atoms with Gasteiger partial charge in [-0.15, -0.1) is 0 Å². The highest BCUT2D eigenvalue weighted by Gasteiger charge is 2.27. The van der Waals surface area contributed by atoms with E-state index in [2.05, 4.69) is 42.7 Å². The van der Waals surface area contributed by atoms with Gasteiger partial charge in [-0.1, -0.05) is 115 Å². The van der Waals surface area contributed by atoms with Gasteiger partial charge in [0, 0.05) is 12.8 Å². The molecule has 3 unspecified atom stereocenters. The standard InChI is InChI=1S/C35H65O10P/c1-3-5-7-9-10-11-12-13-14-15-16-17-18-19-20-21-22-23-25-27-35(39)45-33(30-42-34(38)26-24-8-6-4-2)31-44-46(40,41)43-29-32(37)28-36/h10-11,13-14,32-33,36-37H,3-9,12,15-31H2,1-2H3,(H,40,41)/b11-10-,14-13-. The van der Waals surface area contributed by atoms with Crippen LogP contribution in [0.1, 0.15) is 149 Å². The van der Waals surface area contributed by atoms with Crippen LogP contribution in [0, 0.1) is 0 Å². The molecule has 46 heavy (non-hydrogen) atoms. The van der Waals surface area contributed by atoms with Crippen molar-refractivity contribution in [1.29, 1.82) is 0 Å². The third kappa shape index (κ3) is 31.1. The zero-order valence-electron chi connectivity index (χ0n) is 28.8. The van der Waals surface area contributed by atoms with Gasteiger partial charge in [0.05, 0.1) is 19.8 Å². The fourth-order valence-electron chi connectivity index (χ4n) is 4.55. The molecule has 0 saturated heterocycles. The molecule has 10 nitrogen and oxygen atoms in total. The predicted octanol–water partition coefficient (Wildman–Crippen LogP) is 8.27. The van der Waals surface area contributed by atoms with E-state index in [4.69, 9.17) is 19.1 Å². The Hall–Kier alpha value is -1.55. The van der Waals surface area contributed by atoms with E-state index < -0.39 is 51.8 Å². The molecule has 0 rings (SSSR count). The lowest BCUT2D eigenvalue weighted by Gasteiger charge is -2.20. The molecule has 0 aliphatic heterocycles. The first-order valence-electron chi connectivity index (χ1n) is 17.8. The second kappa shape index (κ2) is 32.0. The number of hydrogen-bond acceptors (Lipinski definition) is 9. The van der Waals surface area contributed by atoms with E-state index >= 15 is 0 Å². The Morgan fingerprint density at radius 1 is 0.652 bits per heavy atom. The molecule has 0 amide bonds. The van der Waals surface area contributed by atoms with Crippen molar-refractivity contribution in [2.24, 2.45) is 0 Å². The molecule has 0 spiro atoms. The maximum atomic E-state index is 12.5. The lowest BCUT2D eigenvalue weighted by atomic mass is 10.1. The Labute approximate surface area is 278 Å². The van der Waals surface area contributed by atoms with Gasteiger partial charge in [0.25, 0.3) is 0 Å². The summed E-state index contributed by atoms with van der Waals surface area (Å²) in [4.78, 5) is 34.4. The molecule has 0 bridgehead atoms. The molecule has 0 aromatic rings. The summed E-state index contributed by atoms with van der Waals surface area (Å²) in [5.41, 5.74) is 0. The van der Waals surface area contributed by atoms with E-state index in [1.807, 2.05) is 0 Å². The first-order chi connectivity index (χ1) is 22.2. The number of esters is 2. The molecule has 11 heteroatoms. The zero-order chi connectivity index (χ0) is 34.1. The molecule has 0 radical (unpaired) electrons. The van der Waals surface area contributed by atoms with E-state index in [1.54, 1.807) is 0 Å². The highest BCUT2D eigenvalue weighted by Crippen LogP contribution is 2.43. The lowest BCUT2D eigenvalue weighted by molar-refractivity contribution is -0.161. The Kier molecular flexibility index (Phi) is 30.9. The van der Waals surface area contributed by atoms with E-state index in [0.717, 1.165) is 51.4 Å². The summed E-state index contributed by atoms with van der Waals surface area (Å²) in [5, 5.41) is 18.2. The number of phosphoric ester groups is 1. The lowest BCUT2D eigenvalue weighted by Crippen LogP contribution is -2.29. The first-order valence-corrected chi connectivity index (χ1v) is 19.3. The smallest absolute Gasteiger partial charge is 0.462 e. The van der Waals surface area contributed by atoms with Gasteiger partial charge in [-0.25, -0.2) is 4.57 Å². The number of rotatable bonds is 33. The number of ether oxygens (including phenoxy) is 2. The number of aliphatic hydroxyl groups excluding tert-OH is 2. The molecule has 0 fully saturated rings. The molecule has 0 aliphatic rings. The van der Waals surface area contributed by atoms with Gasteiger partial charge in [-0.3, -0.25) is 18.6 Å². The summed E-state index contributed by atoms with van der Waals surface area (Å²) in [7, 11) is -4.60. The van der Waals surface area contributed by atoms with E-state index in [9.17, 15) is 24.2 Å². The van der Waals surface area contributed by atoms with Crippen LogP contribution >= 0.6 is 7.82 Å². The second-order valence-corrected chi connectivity index (χ2v) is 13.4. The van der Waals surface area contributed by atoms with Crippen molar-refractivity contribution < 1.29 is 47.8 Å². The largest absolute Gasteiger partial charge is 0.472 e. The molecule has 0 saturated carbocycles. The summed E-state index contributed by atoms with van der Waals surface area (Å²) >= 11 is 0. The SMILES string of the molecule is CCCCC/C=C\C/C=C\CCCCCCCCCCCC(=O)OC(COC(=O)CCCCCC)COP(=O)(O)OCC(O)CO. The van der Waals surface area contributed by atoms with Gasteiger partial charge in [0.15, 0.2) is 6.10 Å². The molecule has 0 heterocycles. The molecule has 270 valence electrons. The predicted molar refractivity (Wildman–Crippen MR) is 182 cm³/mol. The van der Waals surface area contributed by atoms with Crippen LogP contribution in [0.5, 0.6) is 0 Å². The molecule has 3 N–H and O–H groups in total. The molecular weight excluding hydrogens is 611 g/mol. The van der Waals surface area contributed by atoms with Gasteiger partial charge < -0.3 is 24.6 Å². The van der Waals surface area contributed by atoms with Crippen molar-refractivity contribution in [1.82, 2.24) is 0 Å². The van der Waals surface area contributed by atoms with E-state index in [1.165, 1.54) is 57.8 Å². The Morgan fingerprint density at radius 3 is 1.72 bits per heavy atom. The van der Waals surface area contributed by atoms with Crippen LogP contribution in [0.2, 0.25) is 0 Å². The minimum Gasteiger partial charge on any atom is -0.462 e. The van der Waals surface area contributed by atoms with Crippen LogP contribution in [0.25, 0.3) is 0 Å². The average Bonchev–Trinajstić information content (AvgIpc) is 3.04. The maximum Gasteiger partial charge on any atom is 0.472 e. The van der Waals surface area contributed by atoms with Crippen LogP contribution in [0.3, 0.4) is 0 Å². The number of unbranched alkanes of at least 4 members (excludes halogenated alkanes) is 15. The van der Waals surface area contributed by atoms with Gasteiger partial charge in [-0.05, 0) is 44.9 Å². The highest BCUT2D eigenvalue weighted by atomic mass is 31.2. The van der Waals surface area contributed by atoms with Crippen molar-refractivity contribution in [3.05, 3.63) is 24.3 Å². The minimum atomic E-state index is -4.60. The van der Waals surface area contributed by atoms with Crippen LogP contribution < -0.4 is 0 Å². The van der Waals surface area contributed by atoms with Gasteiger partial charge in [0.1, 0.15) is 12.7 Å². The third-order valence-electron chi connectivity index (χ3n) is 7.36. The van der Waals surface area contributed by atoms with E-state index in [0.29, 0.717) is 12.8 Å². The minimum absolute atomic E-state index is 0.180. The molecule has 3 atom stereocenters. The number of allylic oxidation sites excluding steroid dienone is 4. The molecule has 0 aromatic carbocycles. The second-order valence-electron chi connectivity index (χ2n) is 11.9. The summed E-state index contributed by atoms with van der Waals surface area (Å²) in [5.74, 6) is -0.950. The first kappa shape index (κ1) is 44.5. The topological polar surface area (TPSA) is 149 Å². The Bertz CT molecular complexity index is 832. The average molecular weight is 677 g/mol. The van der Waals surface area contributed by atoms with Gasteiger partial charge in [0.2, 0.25) is 0 Å². The molecule has 0 aromatic heterocycles. The van der Waals surface area contributed by atoms with Crippen molar-refractivity contribution >= 4 is 19.8 Å². The molecule has 0 aliphatic carbocycles. The van der Waals surface area contributed by atoms with Crippen molar-refractivity contribution in [2.75, 3.05) is 26.4 Å². The Morgan fingerprint density at radius 2 is 1.13 bits per heavy atom. The van der Waals surface area contributed by atoms with Crippen molar-refractivity contribution in [3.63, 3.8) is 0 Å². The number of carbonyl (C=O) groups excluding carboxylic acids is 2. The third-order valence-corrected chi connectivity index (χ3v) is 8.31. The van der Waals surface area contributed by atoms with Gasteiger partial charge in [-0.2, -0.15) is 0 Å². The monoisotopic (exact) mass is 676 g/mol. The summed E-state index contributed by atoms with van der Waals surface area (Å²) < 4.78 is 32.2. The summed E-state index contributed by atoms with van der Waals surface area (Å²) in [6, 6.07) is 0. The normalized spacial score (nSPS) is 14.5. The zero-order valence-corrected chi connectivity index (χ0v) is 29.7. The number of phosphoric acid groups is 1. The Balaban J connectivity index is 4.17. The quantitative estimate of drug-likeness (QED) is 0.0268. The van der Waals surface area contributed by atoms with E-state index in [-0.39, 0.29) is 19.4 Å². The number of carbonyl (C=O) groups is 2. The van der Waals surface area contributed by atoms with Crippen molar-refractivity contribution in [3.8, 4) is 0 Å². The fraction of sp³-hybridized carbons (Fsp3) is 0.829. The van der Waals surface area contributed by atoms with Crippen LogP contribution in [0.15, 0.2) is 24.3 Å². The number of aliphatic hydroxyl groups is 2. The maximum absolute atomic E-state index is 12.5. The summed E-state index contributed by atoms with van der Waals surface area (Å²) in [6.45, 7) is 2.19. The fourth-order valence-corrected chi connectivity index (χ4v) is 5.34. The number of hydrogen-bond donors (Lipinski definition) is 3. The van der Waals surface area contributed by atoms with Crippen molar-refractivity contribution in [2.45, 2.75) is 161 Å². The van der Waals surface area contributed by atoms with Gasteiger partial charge >= 0.3 is 19.8 Å². The highest BCUT2D eigenvalue weighted by molar-refractivity contribution is 7.47. The molecular formula is C35H65O10P. The van der Waals surface area contributed by atoms with Crippen LogP contribution in [-0.2, 0) is 32.7 Å². The van der Waals surface area contributed by atoms with Crippen LogP contribution in [0.4, 0.5) is 0 Å². The summed E-state index contributed by atoms with van der Waals surface area (Å²) in [6.07, 6.45) is 27.9. The van der Waals surface area contributed by atoms with Crippen LogP contribution in [-0.4, -0.2) is 65.7 Å².